The zero-order chi connectivity index (χ0) is 14.9. The Bertz CT molecular complexity index is 262. The third-order valence-corrected chi connectivity index (χ3v) is 5.17. The van der Waals surface area contributed by atoms with Crippen molar-refractivity contribution in [3.8, 4) is 0 Å². The highest BCUT2D eigenvalue weighted by Gasteiger charge is 2.23. The van der Waals surface area contributed by atoms with E-state index in [-0.39, 0.29) is 6.10 Å². The second kappa shape index (κ2) is 9.78. The van der Waals surface area contributed by atoms with E-state index in [0.29, 0.717) is 0 Å². The SMILES string of the molecule is COCCNCC1CCN(CC(O)CC2CCCC2)CC1. The molecule has 1 aliphatic heterocycles. The van der Waals surface area contributed by atoms with E-state index < -0.39 is 0 Å². The van der Waals surface area contributed by atoms with Crippen LogP contribution in [0.5, 0.6) is 0 Å². The van der Waals surface area contributed by atoms with Gasteiger partial charge in [0.25, 0.3) is 0 Å². The molecule has 1 atom stereocenters. The van der Waals surface area contributed by atoms with Crippen LogP contribution >= 0.6 is 0 Å². The van der Waals surface area contributed by atoms with Crippen molar-refractivity contribution in [3.05, 3.63) is 0 Å². The normalized spacial score (nSPS) is 23.7. The maximum atomic E-state index is 10.3. The molecule has 4 nitrogen and oxygen atoms in total. The number of rotatable bonds is 9. The molecule has 0 amide bonds. The van der Waals surface area contributed by atoms with Crippen molar-refractivity contribution < 1.29 is 9.84 Å². The Morgan fingerprint density at radius 3 is 2.52 bits per heavy atom. The van der Waals surface area contributed by atoms with Crippen molar-refractivity contribution in [2.45, 2.75) is 51.0 Å². The molecule has 2 N–H and O–H groups in total. The highest BCUT2D eigenvalue weighted by Crippen LogP contribution is 2.29. The van der Waals surface area contributed by atoms with Gasteiger partial charge in [-0.25, -0.2) is 0 Å². The number of hydrogen-bond acceptors (Lipinski definition) is 4. The van der Waals surface area contributed by atoms with Crippen LogP contribution < -0.4 is 5.32 Å². The molecule has 2 rings (SSSR count). The van der Waals surface area contributed by atoms with E-state index in [1.54, 1.807) is 7.11 Å². The molecule has 0 aromatic carbocycles. The number of nitrogens with zero attached hydrogens (tertiary/aromatic N) is 1. The van der Waals surface area contributed by atoms with E-state index in [9.17, 15) is 5.11 Å². The van der Waals surface area contributed by atoms with Gasteiger partial charge < -0.3 is 20.1 Å². The summed E-state index contributed by atoms with van der Waals surface area (Å²) >= 11 is 0. The molecule has 1 saturated heterocycles. The molecule has 2 aliphatic rings. The summed E-state index contributed by atoms with van der Waals surface area (Å²) < 4.78 is 5.05. The first-order valence-corrected chi connectivity index (χ1v) is 8.88. The Hall–Kier alpha value is -0.160. The van der Waals surface area contributed by atoms with Crippen LogP contribution in [0.1, 0.15) is 44.9 Å². The Morgan fingerprint density at radius 2 is 1.86 bits per heavy atom. The van der Waals surface area contributed by atoms with Gasteiger partial charge in [0.1, 0.15) is 0 Å². The number of methoxy groups -OCH3 is 1. The molecule has 1 heterocycles. The van der Waals surface area contributed by atoms with Gasteiger partial charge in [0.05, 0.1) is 12.7 Å². The average Bonchev–Trinajstić information content (AvgIpc) is 2.98. The lowest BCUT2D eigenvalue weighted by atomic mass is 9.95. The monoisotopic (exact) mass is 298 g/mol. The van der Waals surface area contributed by atoms with Gasteiger partial charge in [0, 0.05) is 20.2 Å². The lowest BCUT2D eigenvalue weighted by Gasteiger charge is -2.33. The maximum Gasteiger partial charge on any atom is 0.0669 e. The molecule has 0 spiro atoms. The molecule has 124 valence electrons. The van der Waals surface area contributed by atoms with E-state index in [4.69, 9.17) is 4.74 Å². The number of aliphatic hydroxyl groups is 1. The fraction of sp³-hybridized carbons (Fsp3) is 1.00. The van der Waals surface area contributed by atoms with Crippen LogP contribution in [0, 0.1) is 11.8 Å². The summed E-state index contributed by atoms with van der Waals surface area (Å²) in [6, 6.07) is 0. The van der Waals surface area contributed by atoms with Crippen molar-refractivity contribution >= 4 is 0 Å². The summed E-state index contributed by atoms with van der Waals surface area (Å²) in [4.78, 5) is 2.46. The third kappa shape index (κ3) is 6.64. The van der Waals surface area contributed by atoms with E-state index in [1.165, 1.54) is 38.5 Å². The first-order valence-electron chi connectivity index (χ1n) is 8.88. The minimum Gasteiger partial charge on any atom is -0.392 e. The van der Waals surface area contributed by atoms with Gasteiger partial charge in [-0.15, -0.1) is 0 Å². The molecule has 0 radical (unpaired) electrons. The molecular formula is C17H34N2O2. The van der Waals surface area contributed by atoms with Crippen LogP contribution in [0.2, 0.25) is 0 Å². The zero-order valence-electron chi connectivity index (χ0n) is 13.7. The number of ether oxygens (including phenoxy) is 1. The highest BCUT2D eigenvalue weighted by molar-refractivity contribution is 4.78. The van der Waals surface area contributed by atoms with Crippen LogP contribution in [0.25, 0.3) is 0 Å². The zero-order valence-corrected chi connectivity index (χ0v) is 13.7. The van der Waals surface area contributed by atoms with Crippen molar-refractivity contribution in [1.82, 2.24) is 10.2 Å². The first-order chi connectivity index (χ1) is 10.3. The van der Waals surface area contributed by atoms with Crippen LogP contribution in [0.4, 0.5) is 0 Å². The second-order valence-electron chi connectivity index (χ2n) is 6.98. The Labute approximate surface area is 130 Å². The van der Waals surface area contributed by atoms with E-state index in [1.807, 2.05) is 0 Å². The number of hydrogen-bond donors (Lipinski definition) is 2. The van der Waals surface area contributed by atoms with Gasteiger partial charge >= 0.3 is 0 Å². The van der Waals surface area contributed by atoms with Crippen LogP contribution in [-0.4, -0.2) is 62.6 Å². The van der Waals surface area contributed by atoms with Gasteiger partial charge in [0.15, 0.2) is 0 Å². The number of aliphatic hydroxyl groups excluding tert-OH is 1. The second-order valence-corrected chi connectivity index (χ2v) is 6.98. The Balaban J connectivity index is 1.53. The summed E-state index contributed by atoms with van der Waals surface area (Å²) in [6.45, 7) is 6.06. The molecule has 4 heteroatoms. The average molecular weight is 298 g/mol. The summed E-state index contributed by atoms with van der Waals surface area (Å²) in [5.41, 5.74) is 0. The smallest absolute Gasteiger partial charge is 0.0669 e. The quantitative estimate of drug-likeness (QED) is 0.638. The van der Waals surface area contributed by atoms with Crippen molar-refractivity contribution in [1.29, 1.82) is 0 Å². The molecule has 21 heavy (non-hydrogen) atoms. The number of β-amino-alcohol motifs (C(OH)–C–C–N with tert-alkyl or cyclic N) is 1. The lowest BCUT2D eigenvalue weighted by molar-refractivity contribution is 0.0728. The first kappa shape index (κ1) is 17.2. The predicted molar refractivity (Wildman–Crippen MR) is 86.5 cm³/mol. The molecule has 2 fully saturated rings. The summed E-state index contributed by atoms with van der Waals surface area (Å²) in [5.74, 6) is 1.59. The summed E-state index contributed by atoms with van der Waals surface area (Å²) in [6.07, 6.45) is 8.87. The number of piperidine rings is 1. The van der Waals surface area contributed by atoms with Gasteiger partial charge in [-0.1, -0.05) is 25.7 Å². The fourth-order valence-electron chi connectivity index (χ4n) is 3.86. The molecular weight excluding hydrogens is 264 g/mol. The molecule has 0 bridgehead atoms. The summed E-state index contributed by atoms with van der Waals surface area (Å²) in [5, 5.41) is 13.7. The van der Waals surface area contributed by atoms with Crippen molar-refractivity contribution in [3.63, 3.8) is 0 Å². The molecule has 1 saturated carbocycles. The van der Waals surface area contributed by atoms with E-state index >= 15 is 0 Å². The number of nitrogens with one attached hydrogen (secondary N) is 1. The lowest BCUT2D eigenvalue weighted by Crippen LogP contribution is -2.41. The van der Waals surface area contributed by atoms with Gasteiger partial charge in [-0.2, -0.15) is 0 Å². The minimum atomic E-state index is -0.107. The van der Waals surface area contributed by atoms with Gasteiger partial charge in [-0.05, 0) is 50.7 Å². The molecule has 1 unspecified atom stereocenters. The van der Waals surface area contributed by atoms with Gasteiger partial charge in [-0.3, -0.25) is 0 Å². The van der Waals surface area contributed by atoms with Crippen LogP contribution in [-0.2, 0) is 4.74 Å². The topological polar surface area (TPSA) is 44.7 Å². The fourth-order valence-corrected chi connectivity index (χ4v) is 3.86. The Kier molecular flexibility index (Phi) is 8.01. The largest absolute Gasteiger partial charge is 0.392 e. The summed E-state index contributed by atoms with van der Waals surface area (Å²) in [7, 11) is 1.75. The van der Waals surface area contributed by atoms with Crippen molar-refractivity contribution in [2.75, 3.05) is 46.4 Å². The van der Waals surface area contributed by atoms with E-state index in [2.05, 4.69) is 10.2 Å². The Morgan fingerprint density at radius 1 is 1.14 bits per heavy atom. The van der Waals surface area contributed by atoms with Crippen molar-refractivity contribution in [2.24, 2.45) is 11.8 Å². The van der Waals surface area contributed by atoms with Gasteiger partial charge in [0.2, 0.25) is 0 Å². The molecule has 0 aromatic heterocycles. The number of likely N-dealkylation sites (tertiary alicyclic amines) is 1. The standard InChI is InChI=1S/C17H34N2O2/c1-21-11-8-18-13-16-6-9-19(10-7-16)14-17(20)12-15-4-2-3-5-15/h15-18,20H,2-14H2,1H3. The van der Waals surface area contributed by atoms with Crippen LogP contribution in [0.3, 0.4) is 0 Å². The molecule has 0 aromatic rings. The van der Waals surface area contributed by atoms with Crippen LogP contribution in [0.15, 0.2) is 0 Å². The predicted octanol–water partition coefficient (Wildman–Crippen LogP) is 1.88. The maximum absolute atomic E-state index is 10.3. The highest BCUT2D eigenvalue weighted by atomic mass is 16.5. The third-order valence-electron chi connectivity index (χ3n) is 5.17. The minimum absolute atomic E-state index is 0.107. The molecule has 1 aliphatic carbocycles. The van der Waals surface area contributed by atoms with E-state index in [0.717, 1.165) is 57.6 Å².